The van der Waals surface area contributed by atoms with Crippen molar-refractivity contribution in [2.24, 2.45) is 0 Å². The molecule has 0 aliphatic carbocycles. The molecule has 1 unspecified atom stereocenters. The Labute approximate surface area is 163 Å². The first-order valence-electron chi connectivity index (χ1n) is 9.19. The standard InChI is InChI=1S/C22H23FN2O3/c1-15(12-17-6-3-4-9-20(17)23)21(26)24-19-8-5-7-18(13-19)22(27)25-10-11-28-16(2)14-25/h3-9,12-13,16H,10-11,14H2,1-2H3,(H,24,26)/b15-12+. The summed E-state index contributed by atoms with van der Waals surface area (Å²) in [5.74, 6) is -0.834. The Balaban J connectivity index is 1.71. The van der Waals surface area contributed by atoms with Gasteiger partial charge < -0.3 is 15.0 Å². The fourth-order valence-electron chi connectivity index (χ4n) is 3.04. The van der Waals surface area contributed by atoms with Gasteiger partial charge in [-0.2, -0.15) is 0 Å². The van der Waals surface area contributed by atoms with Crippen molar-refractivity contribution in [1.82, 2.24) is 4.90 Å². The van der Waals surface area contributed by atoms with E-state index in [1.54, 1.807) is 54.3 Å². The SMILES string of the molecule is C/C(=C\c1ccccc1F)C(=O)Nc1cccc(C(=O)N2CCOC(C)C2)c1. The highest BCUT2D eigenvalue weighted by molar-refractivity contribution is 6.06. The summed E-state index contributed by atoms with van der Waals surface area (Å²) in [4.78, 5) is 26.9. The lowest BCUT2D eigenvalue weighted by atomic mass is 10.1. The molecule has 2 amide bonds. The lowest BCUT2D eigenvalue weighted by Crippen LogP contribution is -2.44. The summed E-state index contributed by atoms with van der Waals surface area (Å²) < 4.78 is 19.2. The van der Waals surface area contributed by atoms with Crippen molar-refractivity contribution in [3.63, 3.8) is 0 Å². The van der Waals surface area contributed by atoms with Crippen LogP contribution < -0.4 is 5.32 Å². The minimum atomic E-state index is -0.387. The van der Waals surface area contributed by atoms with Gasteiger partial charge in [0.05, 0.1) is 12.7 Å². The largest absolute Gasteiger partial charge is 0.375 e. The highest BCUT2D eigenvalue weighted by Gasteiger charge is 2.22. The second-order valence-corrected chi connectivity index (χ2v) is 6.82. The van der Waals surface area contributed by atoms with E-state index in [9.17, 15) is 14.0 Å². The highest BCUT2D eigenvalue weighted by Crippen LogP contribution is 2.17. The number of amides is 2. The Morgan fingerprint density at radius 1 is 1.21 bits per heavy atom. The smallest absolute Gasteiger partial charge is 0.254 e. The first-order chi connectivity index (χ1) is 13.4. The molecule has 1 aliphatic rings. The quantitative estimate of drug-likeness (QED) is 0.820. The van der Waals surface area contributed by atoms with Gasteiger partial charge in [0.2, 0.25) is 0 Å². The van der Waals surface area contributed by atoms with Crippen LogP contribution in [0, 0.1) is 5.82 Å². The van der Waals surface area contributed by atoms with E-state index in [4.69, 9.17) is 4.74 Å². The minimum absolute atomic E-state index is 0.00625. The van der Waals surface area contributed by atoms with Crippen LogP contribution >= 0.6 is 0 Å². The molecule has 0 saturated carbocycles. The second-order valence-electron chi connectivity index (χ2n) is 6.82. The van der Waals surface area contributed by atoms with Crippen LogP contribution in [0.1, 0.15) is 29.8 Å². The van der Waals surface area contributed by atoms with E-state index in [0.717, 1.165) is 0 Å². The van der Waals surface area contributed by atoms with Gasteiger partial charge in [0.1, 0.15) is 5.82 Å². The van der Waals surface area contributed by atoms with Gasteiger partial charge >= 0.3 is 0 Å². The number of halogens is 1. The third-order valence-corrected chi connectivity index (χ3v) is 4.53. The van der Waals surface area contributed by atoms with Crippen LogP contribution in [0.15, 0.2) is 54.1 Å². The molecule has 5 nitrogen and oxygen atoms in total. The molecule has 1 N–H and O–H groups in total. The molecule has 2 aromatic rings. The zero-order valence-electron chi connectivity index (χ0n) is 15.9. The molecule has 28 heavy (non-hydrogen) atoms. The third kappa shape index (κ3) is 4.84. The average Bonchev–Trinajstić information content (AvgIpc) is 2.69. The van der Waals surface area contributed by atoms with Crippen LogP contribution in [0.4, 0.5) is 10.1 Å². The van der Waals surface area contributed by atoms with E-state index in [2.05, 4.69) is 5.32 Å². The number of carbonyl (C=O) groups excluding carboxylic acids is 2. The molecule has 1 saturated heterocycles. The molecule has 0 bridgehead atoms. The van der Waals surface area contributed by atoms with Crippen molar-refractivity contribution >= 4 is 23.6 Å². The van der Waals surface area contributed by atoms with E-state index < -0.39 is 0 Å². The lowest BCUT2D eigenvalue weighted by Gasteiger charge is -2.31. The number of carbonyl (C=O) groups is 2. The van der Waals surface area contributed by atoms with Crippen LogP contribution in [-0.4, -0.2) is 42.5 Å². The van der Waals surface area contributed by atoms with E-state index >= 15 is 0 Å². The van der Waals surface area contributed by atoms with Gasteiger partial charge in [0.25, 0.3) is 11.8 Å². The van der Waals surface area contributed by atoms with E-state index in [1.807, 2.05) is 6.92 Å². The van der Waals surface area contributed by atoms with Gasteiger partial charge in [0, 0.05) is 35.5 Å². The second kappa shape index (κ2) is 8.80. The number of ether oxygens (including phenoxy) is 1. The number of hydrogen-bond donors (Lipinski definition) is 1. The first-order valence-corrected chi connectivity index (χ1v) is 9.19. The van der Waals surface area contributed by atoms with Gasteiger partial charge in [-0.25, -0.2) is 4.39 Å². The van der Waals surface area contributed by atoms with Crippen molar-refractivity contribution in [3.8, 4) is 0 Å². The molecule has 3 rings (SSSR count). The molecular weight excluding hydrogens is 359 g/mol. The summed E-state index contributed by atoms with van der Waals surface area (Å²) in [6.45, 7) is 5.15. The van der Waals surface area contributed by atoms with Crippen molar-refractivity contribution in [1.29, 1.82) is 0 Å². The van der Waals surface area contributed by atoms with E-state index in [1.165, 1.54) is 12.1 Å². The zero-order chi connectivity index (χ0) is 20.1. The predicted octanol–water partition coefficient (Wildman–Crippen LogP) is 3.73. The Morgan fingerprint density at radius 2 is 2.00 bits per heavy atom. The molecule has 0 spiro atoms. The fraction of sp³-hybridized carbons (Fsp3) is 0.273. The molecular formula is C22H23FN2O3. The maximum atomic E-state index is 13.8. The Kier molecular flexibility index (Phi) is 6.21. The van der Waals surface area contributed by atoms with E-state index in [-0.39, 0.29) is 23.7 Å². The van der Waals surface area contributed by atoms with Crippen molar-refractivity contribution in [2.45, 2.75) is 20.0 Å². The summed E-state index contributed by atoms with van der Waals surface area (Å²) in [6.07, 6.45) is 1.50. The fourth-order valence-corrected chi connectivity index (χ4v) is 3.04. The Morgan fingerprint density at radius 3 is 2.75 bits per heavy atom. The number of nitrogens with zero attached hydrogens (tertiary/aromatic N) is 1. The molecule has 0 radical (unpaired) electrons. The number of hydrogen-bond acceptors (Lipinski definition) is 3. The molecule has 1 fully saturated rings. The maximum absolute atomic E-state index is 13.8. The summed E-state index contributed by atoms with van der Waals surface area (Å²) in [7, 11) is 0. The summed E-state index contributed by atoms with van der Waals surface area (Å²) >= 11 is 0. The highest BCUT2D eigenvalue weighted by atomic mass is 19.1. The Bertz CT molecular complexity index is 910. The zero-order valence-corrected chi connectivity index (χ0v) is 15.9. The molecule has 146 valence electrons. The average molecular weight is 382 g/mol. The molecule has 1 heterocycles. The number of anilines is 1. The van der Waals surface area contributed by atoms with Gasteiger partial charge in [-0.05, 0) is 44.2 Å². The maximum Gasteiger partial charge on any atom is 0.254 e. The summed E-state index contributed by atoms with van der Waals surface area (Å²) in [5, 5.41) is 2.76. The predicted molar refractivity (Wildman–Crippen MR) is 106 cm³/mol. The van der Waals surface area contributed by atoms with Crippen LogP contribution in [0.5, 0.6) is 0 Å². The monoisotopic (exact) mass is 382 g/mol. The number of morpholine rings is 1. The molecule has 1 atom stereocenters. The van der Waals surface area contributed by atoms with Crippen LogP contribution in [0.3, 0.4) is 0 Å². The Hall–Kier alpha value is -2.99. The minimum Gasteiger partial charge on any atom is -0.375 e. The molecule has 2 aromatic carbocycles. The first kappa shape index (κ1) is 19.8. The molecule has 0 aromatic heterocycles. The van der Waals surface area contributed by atoms with Crippen LogP contribution in [-0.2, 0) is 9.53 Å². The molecule has 6 heteroatoms. The van der Waals surface area contributed by atoms with Crippen LogP contribution in [0.25, 0.3) is 6.08 Å². The van der Waals surface area contributed by atoms with Gasteiger partial charge in [-0.15, -0.1) is 0 Å². The third-order valence-electron chi connectivity index (χ3n) is 4.53. The van der Waals surface area contributed by atoms with Crippen molar-refractivity contribution < 1.29 is 18.7 Å². The number of benzene rings is 2. The lowest BCUT2D eigenvalue weighted by molar-refractivity contribution is -0.112. The van der Waals surface area contributed by atoms with Gasteiger partial charge in [-0.1, -0.05) is 24.3 Å². The van der Waals surface area contributed by atoms with Crippen molar-refractivity contribution in [2.75, 3.05) is 25.0 Å². The topological polar surface area (TPSA) is 58.6 Å². The van der Waals surface area contributed by atoms with E-state index in [0.29, 0.717) is 42.1 Å². The van der Waals surface area contributed by atoms with Crippen LogP contribution in [0.2, 0.25) is 0 Å². The normalized spacial score (nSPS) is 17.3. The van der Waals surface area contributed by atoms with Gasteiger partial charge in [0.15, 0.2) is 0 Å². The molecule has 1 aliphatic heterocycles. The summed E-state index contributed by atoms with van der Waals surface area (Å²) in [6, 6.07) is 13.1. The summed E-state index contributed by atoms with van der Waals surface area (Å²) in [5.41, 5.74) is 1.73. The number of rotatable bonds is 4. The van der Waals surface area contributed by atoms with Gasteiger partial charge in [-0.3, -0.25) is 9.59 Å². The van der Waals surface area contributed by atoms with Crippen molar-refractivity contribution in [3.05, 3.63) is 71.0 Å². The number of nitrogens with one attached hydrogen (secondary N) is 1.